The molecule has 0 bridgehead atoms. The van der Waals surface area contributed by atoms with Crippen molar-refractivity contribution in [3.8, 4) is 6.07 Å². The van der Waals surface area contributed by atoms with E-state index < -0.39 is 9.84 Å². The third-order valence-electron chi connectivity index (χ3n) is 3.90. The van der Waals surface area contributed by atoms with Gasteiger partial charge in [-0.25, -0.2) is 13.2 Å². The summed E-state index contributed by atoms with van der Waals surface area (Å²) in [6, 6.07) is 9.15. The second kappa shape index (κ2) is 7.97. The molecule has 1 fully saturated rings. The maximum atomic E-state index is 12.4. The summed E-state index contributed by atoms with van der Waals surface area (Å²) in [5, 5.41) is 12.7. The summed E-state index contributed by atoms with van der Waals surface area (Å²) in [5.41, 5.74) is 1.60. The normalized spacial score (nSPS) is 18.3. The van der Waals surface area contributed by atoms with Gasteiger partial charge in [0.25, 0.3) is 0 Å². The number of nitriles is 1. The lowest BCUT2D eigenvalue weighted by Gasteiger charge is -2.36. The number of carbonyl (C=O) groups is 1. The van der Waals surface area contributed by atoms with Crippen LogP contribution in [0.5, 0.6) is 0 Å². The Morgan fingerprint density at radius 3 is 2.71 bits per heavy atom. The topological polar surface area (TPSA) is 90.3 Å². The van der Waals surface area contributed by atoms with Crippen molar-refractivity contribution >= 4 is 15.9 Å². The average molecular weight is 347 g/mol. The predicted octanol–water partition coefficient (Wildman–Crippen LogP) is 2.35. The van der Waals surface area contributed by atoms with Gasteiger partial charge < -0.3 is 10.2 Å². The highest BCUT2D eigenvalue weighted by molar-refractivity contribution is 7.93. The van der Waals surface area contributed by atoms with Crippen LogP contribution >= 0.6 is 0 Å². The molecule has 1 N–H and O–H groups in total. The zero-order chi connectivity index (χ0) is 17.6. The smallest absolute Gasteiger partial charge is 0.318 e. The monoisotopic (exact) mass is 347 g/mol. The number of benzene rings is 1. The zero-order valence-corrected chi connectivity index (χ0v) is 14.4. The molecule has 1 aliphatic heterocycles. The number of rotatable bonds is 4. The highest BCUT2D eigenvalue weighted by atomic mass is 32.2. The summed E-state index contributed by atoms with van der Waals surface area (Å²) < 4.78 is 22.1. The van der Waals surface area contributed by atoms with E-state index in [-0.39, 0.29) is 18.6 Å². The van der Waals surface area contributed by atoms with Crippen molar-refractivity contribution in [3.63, 3.8) is 0 Å². The van der Waals surface area contributed by atoms with Gasteiger partial charge >= 0.3 is 6.03 Å². The minimum absolute atomic E-state index is 0.0228. The van der Waals surface area contributed by atoms with Crippen LogP contribution in [-0.4, -0.2) is 38.7 Å². The molecule has 6 nitrogen and oxygen atoms in total. The lowest BCUT2D eigenvalue weighted by atomic mass is 9.95. The van der Waals surface area contributed by atoms with E-state index in [1.54, 1.807) is 17.0 Å². The van der Waals surface area contributed by atoms with Crippen LogP contribution in [0.2, 0.25) is 0 Å². The number of carbonyl (C=O) groups excluding carboxylic acids is 1. The zero-order valence-electron chi connectivity index (χ0n) is 13.6. The van der Waals surface area contributed by atoms with Crippen molar-refractivity contribution in [2.45, 2.75) is 25.3 Å². The maximum Gasteiger partial charge on any atom is 0.318 e. The molecular weight excluding hydrogens is 326 g/mol. The summed E-state index contributed by atoms with van der Waals surface area (Å²) in [5.74, 6) is 0. The van der Waals surface area contributed by atoms with Gasteiger partial charge in [0.15, 0.2) is 9.84 Å². The fourth-order valence-corrected chi connectivity index (χ4v) is 3.22. The Hall–Kier alpha value is -2.33. The van der Waals surface area contributed by atoms with E-state index >= 15 is 0 Å². The van der Waals surface area contributed by atoms with E-state index in [1.807, 2.05) is 12.1 Å². The molecule has 24 heavy (non-hydrogen) atoms. The van der Waals surface area contributed by atoms with Crippen molar-refractivity contribution in [3.05, 3.63) is 46.9 Å². The van der Waals surface area contributed by atoms with Gasteiger partial charge in [-0.1, -0.05) is 18.2 Å². The predicted molar refractivity (Wildman–Crippen MR) is 91.8 cm³/mol. The van der Waals surface area contributed by atoms with Crippen molar-refractivity contribution in [1.82, 2.24) is 10.2 Å². The molecule has 2 amide bonds. The van der Waals surface area contributed by atoms with Gasteiger partial charge in [-0.15, -0.1) is 0 Å². The number of piperidine rings is 1. The van der Waals surface area contributed by atoms with Crippen LogP contribution in [0.3, 0.4) is 0 Å². The van der Waals surface area contributed by atoms with Gasteiger partial charge in [-0.05, 0) is 37.0 Å². The first-order chi connectivity index (χ1) is 11.4. The van der Waals surface area contributed by atoms with Crippen molar-refractivity contribution in [2.24, 2.45) is 0 Å². The van der Waals surface area contributed by atoms with Crippen molar-refractivity contribution < 1.29 is 13.2 Å². The van der Waals surface area contributed by atoms with Gasteiger partial charge in [-0.2, -0.15) is 5.26 Å². The van der Waals surface area contributed by atoms with Crippen molar-refractivity contribution in [1.29, 1.82) is 5.26 Å². The number of hydrogen-bond donors (Lipinski definition) is 1. The average Bonchev–Trinajstić information content (AvgIpc) is 2.58. The van der Waals surface area contributed by atoms with E-state index in [9.17, 15) is 13.2 Å². The molecule has 0 radical (unpaired) electrons. The molecule has 1 aromatic carbocycles. The number of sulfone groups is 1. The van der Waals surface area contributed by atoms with E-state index in [0.717, 1.165) is 36.5 Å². The van der Waals surface area contributed by atoms with Gasteiger partial charge in [-0.3, -0.25) is 0 Å². The first kappa shape index (κ1) is 18.0. The van der Waals surface area contributed by atoms with Gasteiger partial charge in [0.1, 0.15) is 0 Å². The number of nitrogens with one attached hydrogen (secondary N) is 1. The van der Waals surface area contributed by atoms with Crippen LogP contribution in [0.1, 0.15) is 36.4 Å². The molecule has 128 valence electrons. The van der Waals surface area contributed by atoms with E-state index in [2.05, 4.69) is 11.4 Å². The Balaban J connectivity index is 2.04. The number of likely N-dealkylation sites (tertiary alicyclic amines) is 1. The summed E-state index contributed by atoms with van der Waals surface area (Å²) in [4.78, 5) is 14.2. The van der Waals surface area contributed by atoms with Crippen molar-refractivity contribution in [2.75, 3.05) is 19.3 Å². The van der Waals surface area contributed by atoms with Crippen LogP contribution in [-0.2, 0) is 9.84 Å². The summed E-state index contributed by atoms with van der Waals surface area (Å²) in [6.45, 7) is 0.828. The van der Waals surface area contributed by atoms with Crippen LogP contribution in [0.4, 0.5) is 4.79 Å². The standard InChI is InChI=1S/C17H21N3O3S/c1-24(22,23)12-4-10-19-17(21)20-11-3-2-5-16(20)15-8-6-14(13-18)7-9-15/h4,6-9,12,16H,2-3,5,10-11H2,1H3,(H,19,21). The lowest BCUT2D eigenvalue weighted by molar-refractivity contribution is 0.152. The van der Waals surface area contributed by atoms with E-state index in [0.29, 0.717) is 12.1 Å². The SMILES string of the molecule is CS(=O)(=O)C=CCNC(=O)N1CCCCC1c1ccc(C#N)cc1. The number of hydrogen-bond acceptors (Lipinski definition) is 4. The Morgan fingerprint density at radius 2 is 2.08 bits per heavy atom. The molecule has 0 aliphatic carbocycles. The summed E-state index contributed by atoms with van der Waals surface area (Å²) in [7, 11) is -3.18. The second-order valence-electron chi connectivity index (χ2n) is 5.83. The van der Waals surface area contributed by atoms with Crippen LogP contribution in [0, 0.1) is 11.3 Å². The molecule has 0 spiro atoms. The second-order valence-corrected chi connectivity index (χ2v) is 7.76. The van der Waals surface area contributed by atoms with Crippen LogP contribution < -0.4 is 5.32 Å². The first-order valence-corrected chi connectivity index (χ1v) is 9.77. The minimum Gasteiger partial charge on any atom is -0.334 e. The number of nitrogens with zero attached hydrogens (tertiary/aromatic N) is 2. The highest BCUT2D eigenvalue weighted by Crippen LogP contribution is 2.30. The number of amides is 2. The molecule has 0 saturated carbocycles. The summed E-state index contributed by atoms with van der Waals surface area (Å²) >= 11 is 0. The third kappa shape index (κ3) is 5.10. The fraction of sp³-hybridized carbons (Fsp3) is 0.412. The molecule has 1 atom stereocenters. The molecule has 1 aliphatic rings. The largest absolute Gasteiger partial charge is 0.334 e. The molecule has 1 heterocycles. The van der Waals surface area contributed by atoms with Crippen LogP contribution in [0.15, 0.2) is 35.7 Å². The Bertz CT molecular complexity index is 748. The van der Waals surface area contributed by atoms with E-state index in [1.165, 1.54) is 6.08 Å². The van der Waals surface area contributed by atoms with Crippen LogP contribution in [0.25, 0.3) is 0 Å². The third-order valence-corrected chi connectivity index (χ3v) is 4.59. The van der Waals surface area contributed by atoms with Gasteiger partial charge in [0.05, 0.1) is 17.7 Å². The van der Waals surface area contributed by atoms with Gasteiger partial charge in [0.2, 0.25) is 0 Å². The Morgan fingerprint density at radius 1 is 1.38 bits per heavy atom. The first-order valence-electron chi connectivity index (χ1n) is 7.82. The molecule has 0 aromatic heterocycles. The lowest BCUT2D eigenvalue weighted by Crippen LogP contribution is -2.44. The molecule has 1 aromatic rings. The molecule has 7 heteroatoms. The molecule has 1 unspecified atom stereocenters. The molecular formula is C17H21N3O3S. The van der Waals surface area contributed by atoms with Gasteiger partial charge in [0, 0.05) is 24.8 Å². The fourth-order valence-electron chi connectivity index (χ4n) is 2.77. The molecule has 1 saturated heterocycles. The molecule has 2 rings (SSSR count). The Labute approximate surface area is 142 Å². The Kier molecular flexibility index (Phi) is 5.99. The summed E-state index contributed by atoms with van der Waals surface area (Å²) in [6.07, 6.45) is 5.39. The number of urea groups is 1. The maximum absolute atomic E-state index is 12.4. The minimum atomic E-state index is -3.18. The highest BCUT2D eigenvalue weighted by Gasteiger charge is 2.27. The quantitative estimate of drug-likeness (QED) is 0.905. The van der Waals surface area contributed by atoms with E-state index in [4.69, 9.17) is 5.26 Å².